The van der Waals surface area contributed by atoms with Gasteiger partial charge in [0.05, 0.1) is 37.2 Å². The Morgan fingerprint density at radius 3 is 2.64 bits per heavy atom. The van der Waals surface area contributed by atoms with E-state index in [1.165, 1.54) is 19.2 Å². The van der Waals surface area contributed by atoms with E-state index in [1.54, 1.807) is 21.7 Å². The summed E-state index contributed by atoms with van der Waals surface area (Å²) in [5.74, 6) is -0.140. The predicted octanol–water partition coefficient (Wildman–Crippen LogP) is 4.14. The van der Waals surface area contributed by atoms with Crippen LogP contribution in [0.1, 0.15) is 43.4 Å². The number of allylic oxidation sites excluding steroid dienone is 2. The van der Waals surface area contributed by atoms with Gasteiger partial charge in [0.1, 0.15) is 28.8 Å². The number of carbonyl (C=O) groups is 1. The molecule has 5 rings (SSSR count). The maximum Gasteiger partial charge on any atom is 0.261 e. The van der Waals surface area contributed by atoms with Crippen molar-refractivity contribution in [3.63, 3.8) is 0 Å². The van der Waals surface area contributed by atoms with Crippen LogP contribution in [0.4, 0.5) is 4.39 Å². The third-order valence-electron chi connectivity index (χ3n) is 6.49. The summed E-state index contributed by atoms with van der Waals surface area (Å²) in [5, 5.41) is 14.2. The van der Waals surface area contributed by atoms with Crippen molar-refractivity contribution >= 4 is 5.91 Å². The second-order valence-electron chi connectivity index (χ2n) is 8.64. The predicted molar refractivity (Wildman–Crippen MR) is 117 cm³/mol. The first-order chi connectivity index (χ1) is 16.1. The fourth-order valence-corrected chi connectivity index (χ4v) is 4.77. The minimum absolute atomic E-state index is 0.0881. The van der Waals surface area contributed by atoms with Gasteiger partial charge < -0.3 is 14.4 Å². The molecule has 1 fully saturated rings. The zero-order chi connectivity index (χ0) is 22.9. The van der Waals surface area contributed by atoms with Gasteiger partial charge in [0.15, 0.2) is 0 Å². The molecule has 170 valence electrons. The third-order valence-corrected chi connectivity index (χ3v) is 6.49. The highest BCUT2D eigenvalue weighted by atomic mass is 19.1. The van der Waals surface area contributed by atoms with Crippen molar-refractivity contribution in [2.24, 2.45) is 5.92 Å². The van der Waals surface area contributed by atoms with Gasteiger partial charge in [-0.15, -0.1) is 0 Å². The molecule has 0 radical (unpaired) electrons. The van der Waals surface area contributed by atoms with E-state index in [0.717, 1.165) is 42.6 Å². The number of benzene rings is 1. The Morgan fingerprint density at radius 1 is 1.21 bits per heavy atom. The highest BCUT2D eigenvalue weighted by Crippen LogP contribution is 2.36. The zero-order valence-electron chi connectivity index (χ0n) is 18.5. The lowest BCUT2D eigenvalue weighted by Crippen LogP contribution is -2.32. The van der Waals surface area contributed by atoms with Crippen molar-refractivity contribution in [2.75, 3.05) is 7.11 Å². The number of methoxy groups -OCH3 is 1. The number of hydrogen-bond acceptors (Lipinski definition) is 5. The molecule has 1 aromatic heterocycles. The Balaban J connectivity index is 1.39. The van der Waals surface area contributed by atoms with Gasteiger partial charge in [0, 0.05) is 18.3 Å². The number of halogens is 1. The fraction of sp³-hybridized carbons (Fsp3) is 0.400. The van der Waals surface area contributed by atoms with Crippen molar-refractivity contribution in [2.45, 2.75) is 51.3 Å². The van der Waals surface area contributed by atoms with Crippen molar-refractivity contribution in [1.82, 2.24) is 14.7 Å². The van der Waals surface area contributed by atoms with E-state index >= 15 is 0 Å². The topological polar surface area (TPSA) is 80.4 Å². The molecule has 0 saturated heterocycles. The maximum absolute atomic E-state index is 13.7. The number of nitriles is 1. The normalized spacial score (nSPS) is 20.5. The van der Waals surface area contributed by atoms with Gasteiger partial charge in [-0.1, -0.05) is 0 Å². The van der Waals surface area contributed by atoms with Crippen LogP contribution in [0.3, 0.4) is 0 Å². The smallest absolute Gasteiger partial charge is 0.261 e. The van der Waals surface area contributed by atoms with Crippen LogP contribution in [0.15, 0.2) is 53.6 Å². The van der Waals surface area contributed by atoms with E-state index in [1.807, 2.05) is 12.3 Å². The molecule has 8 heteroatoms. The molecule has 1 aromatic carbocycles. The largest absolute Gasteiger partial charge is 0.499 e. The first kappa shape index (κ1) is 21.3. The van der Waals surface area contributed by atoms with E-state index in [0.29, 0.717) is 36.6 Å². The summed E-state index contributed by atoms with van der Waals surface area (Å²) in [6.07, 6.45) is 8.44. The number of ether oxygens (including phenoxy) is 2. The van der Waals surface area contributed by atoms with E-state index in [2.05, 4.69) is 11.2 Å². The molecule has 0 bridgehead atoms. The van der Waals surface area contributed by atoms with E-state index < -0.39 is 5.92 Å². The molecule has 33 heavy (non-hydrogen) atoms. The summed E-state index contributed by atoms with van der Waals surface area (Å²) in [6.45, 7) is 0.737. The summed E-state index contributed by atoms with van der Waals surface area (Å²) in [7, 11) is 1.50. The summed E-state index contributed by atoms with van der Waals surface area (Å²) in [6, 6.07) is 8.35. The molecular weight excluding hydrogens is 423 g/mol. The zero-order valence-corrected chi connectivity index (χ0v) is 18.5. The second kappa shape index (κ2) is 8.74. The standard InChI is InChI=1S/C25H25FN4O3/c1-32-24-16(12-27)6-11-22(33-20-4-2-3-5-20)23(24)25(31)29-13-17-14-30(28-21(17)15-29)19-9-7-18(26)8-10-19/h7-11,14,16,20H,2-6,13,15H2,1H3. The molecule has 0 spiro atoms. The molecule has 1 atom stereocenters. The molecule has 3 aliphatic rings. The molecule has 2 aromatic rings. The molecular formula is C25H25FN4O3. The Labute approximate surface area is 191 Å². The quantitative estimate of drug-likeness (QED) is 0.687. The Morgan fingerprint density at radius 2 is 1.97 bits per heavy atom. The number of hydrogen-bond donors (Lipinski definition) is 0. The molecule has 2 aliphatic carbocycles. The Kier molecular flexibility index (Phi) is 5.63. The monoisotopic (exact) mass is 448 g/mol. The summed E-state index contributed by atoms with van der Waals surface area (Å²) in [4.78, 5) is 15.4. The van der Waals surface area contributed by atoms with Gasteiger partial charge in [-0.25, -0.2) is 9.07 Å². The molecule has 1 saturated carbocycles. The van der Waals surface area contributed by atoms with Crippen molar-refractivity contribution in [3.8, 4) is 11.8 Å². The molecule has 1 amide bonds. The van der Waals surface area contributed by atoms with Crippen LogP contribution in [0.2, 0.25) is 0 Å². The average Bonchev–Trinajstić information content (AvgIpc) is 3.55. The van der Waals surface area contributed by atoms with Gasteiger partial charge in [-0.05, 0) is 62.4 Å². The molecule has 2 heterocycles. The third kappa shape index (κ3) is 3.99. The summed E-state index contributed by atoms with van der Waals surface area (Å²) < 4.78 is 26.7. The van der Waals surface area contributed by atoms with Crippen molar-refractivity contribution in [1.29, 1.82) is 5.26 Å². The van der Waals surface area contributed by atoms with E-state index in [9.17, 15) is 14.4 Å². The van der Waals surface area contributed by atoms with Crippen LogP contribution in [0, 0.1) is 23.1 Å². The van der Waals surface area contributed by atoms with Crippen LogP contribution in [0.5, 0.6) is 0 Å². The fourth-order valence-electron chi connectivity index (χ4n) is 4.77. The Bertz CT molecular complexity index is 1150. The number of amides is 1. The van der Waals surface area contributed by atoms with Crippen LogP contribution in [-0.4, -0.2) is 33.8 Å². The van der Waals surface area contributed by atoms with Gasteiger partial charge in [0.2, 0.25) is 0 Å². The first-order valence-electron chi connectivity index (χ1n) is 11.2. The van der Waals surface area contributed by atoms with Gasteiger partial charge in [-0.2, -0.15) is 10.4 Å². The SMILES string of the molecule is COC1=C(C(=O)N2Cc3cn(-c4ccc(F)cc4)nc3C2)C(OC2CCCC2)=CCC1C#N. The lowest BCUT2D eigenvalue weighted by Gasteiger charge is -2.28. The average molecular weight is 448 g/mol. The van der Waals surface area contributed by atoms with Gasteiger partial charge >= 0.3 is 0 Å². The highest BCUT2D eigenvalue weighted by Gasteiger charge is 2.37. The summed E-state index contributed by atoms with van der Waals surface area (Å²) >= 11 is 0. The molecule has 1 aliphatic heterocycles. The second-order valence-corrected chi connectivity index (χ2v) is 8.64. The van der Waals surface area contributed by atoms with E-state index in [-0.39, 0.29) is 17.8 Å². The first-order valence-corrected chi connectivity index (χ1v) is 11.2. The number of rotatable bonds is 5. The number of nitrogens with zero attached hydrogens (tertiary/aromatic N) is 4. The highest BCUT2D eigenvalue weighted by molar-refractivity contribution is 5.98. The minimum atomic E-state index is -0.516. The van der Waals surface area contributed by atoms with Gasteiger partial charge in [0.25, 0.3) is 5.91 Å². The van der Waals surface area contributed by atoms with Crippen molar-refractivity contribution in [3.05, 3.63) is 70.7 Å². The van der Waals surface area contributed by atoms with E-state index in [4.69, 9.17) is 9.47 Å². The lowest BCUT2D eigenvalue weighted by molar-refractivity contribution is -0.128. The lowest BCUT2D eigenvalue weighted by atomic mass is 9.92. The number of carbonyl (C=O) groups excluding carboxylic acids is 1. The van der Waals surface area contributed by atoms with Gasteiger partial charge in [-0.3, -0.25) is 4.79 Å². The Hall–Kier alpha value is -3.60. The van der Waals surface area contributed by atoms with Crippen LogP contribution in [-0.2, 0) is 27.4 Å². The molecule has 7 nitrogen and oxygen atoms in total. The van der Waals surface area contributed by atoms with Crippen LogP contribution < -0.4 is 0 Å². The number of fused-ring (bicyclic) bond motifs is 1. The number of aromatic nitrogens is 2. The maximum atomic E-state index is 13.7. The molecule has 1 unspecified atom stereocenters. The van der Waals surface area contributed by atoms with Crippen LogP contribution >= 0.6 is 0 Å². The molecule has 0 N–H and O–H groups in total. The van der Waals surface area contributed by atoms with Crippen LogP contribution in [0.25, 0.3) is 5.69 Å². The van der Waals surface area contributed by atoms with Crippen molar-refractivity contribution < 1.29 is 18.7 Å². The summed E-state index contributed by atoms with van der Waals surface area (Å²) in [5.41, 5.74) is 2.83. The minimum Gasteiger partial charge on any atom is -0.499 e.